The number of carbonyl (C=O) groups excluding carboxylic acids is 2. The quantitative estimate of drug-likeness (QED) is 0.626. The molecular formula is C24H24N2O3. The molecule has 2 unspecified atom stereocenters. The number of benzene rings is 2. The lowest BCUT2D eigenvalue weighted by molar-refractivity contribution is -0.117. The van der Waals surface area contributed by atoms with Crippen LogP contribution in [0.3, 0.4) is 0 Å². The largest absolute Gasteiger partial charge is 0.459 e. The summed E-state index contributed by atoms with van der Waals surface area (Å²) in [6, 6.07) is 19.0. The zero-order valence-electron chi connectivity index (χ0n) is 16.8. The predicted molar refractivity (Wildman–Crippen MR) is 113 cm³/mol. The molecule has 29 heavy (non-hydrogen) atoms. The molecule has 5 nitrogen and oxygen atoms in total. The van der Waals surface area contributed by atoms with Crippen molar-refractivity contribution in [3.63, 3.8) is 0 Å². The fraction of sp³-hybridized carbons (Fsp3) is 0.250. The van der Waals surface area contributed by atoms with E-state index in [9.17, 15) is 9.59 Å². The van der Waals surface area contributed by atoms with Crippen LogP contribution in [-0.2, 0) is 4.79 Å². The van der Waals surface area contributed by atoms with Gasteiger partial charge in [-0.25, -0.2) is 0 Å². The zero-order chi connectivity index (χ0) is 20.5. The Morgan fingerprint density at radius 3 is 2.38 bits per heavy atom. The minimum absolute atomic E-state index is 0.0233. The first-order valence-corrected chi connectivity index (χ1v) is 9.80. The van der Waals surface area contributed by atoms with Gasteiger partial charge in [0.25, 0.3) is 5.91 Å². The molecule has 3 aromatic rings. The van der Waals surface area contributed by atoms with Crippen LogP contribution in [0.25, 0.3) is 0 Å². The maximum atomic E-state index is 13.3. The first-order valence-electron chi connectivity index (χ1n) is 9.80. The van der Waals surface area contributed by atoms with Gasteiger partial charge in [0.2, 0.25) is 5.91 Å². The highest BCUT2D eigenvalue weighted by Gasteiger charge is 2.38. The van der Waals surface area contributed by atoms with Crippen LogP contribution in [-0.4, -0.2) is 17.9 Å². The van der Waals surface area contributed by atoms with Crippen LogP contribution >= 0.6 is 0 Å². The van der Waals surface area contributed by atoms with Crippen LogP contribution < -0.4 is 9.80 Å². The summed E-state index contributed by atoms with van der Waals surface area (Å²) < 4.78 is 5.47. The average molecular weight is 388 g/mol. The molecule has 2 aromatic carbocycles. The summed E-state index contributed by atoms with van der Waals surface area (Å²) in [6.07, 6.45) is 2.18. The number of fused-ring (bicyclic) bond motifs is 1. The molecule has 1 aliphatic heterocycles. The second-order valence-electron chi connectivity index (χ2n) is 7.49. The van der Waals surface area contributed by atoms with Gasteiger partial charge in [-0.2, -0.15) is 0 Å². The molecule has 148 valence electrons. The molecular weight excluding hydrogens is 364 g/mol. The lowest BCUT2D eigenvalue weighted by Gasteiger charge is -2.43. The predicted octanol–water partition coefficient (Wildman–Crippen LogP) is 5.12. The highest BCUT2D eigenvalue weighted by atomic mass is 16.3. The Morgan fingerprint density at radius 2 is 1.72 bits per heavy atom. The van der Waals surface area contributed by atoms with E-state index < -0.39 is 0 Å². The smallest absolute Gasteiger partial charge is 0.294 e. The van der Waals surface area contributed by atoms with Gasteiger partial charge in [-0.05, 0) is 50.1 Å². The lowest BCUT2D eigenvalue weighted by atomic mass is 9.89. The van der Waals surface area contributed by atoms with Crippen LogP contribution in [0.15, 0.2) is 71.3 Å². The molecule has 0 saturated heterocycles. The van der Waals surface area contributed by atoms with Gasteiger partial charge in [0.1, 0.15) is 0 Å². The van der Waals surface area contributed by atoms with Gasteiger partial charge in [-0.1, -0.05) is 36.4 Å². The van der Waals surface area contributed by atoms with Gasteiger partial charge in [-0.15, -0.1) is 0 Å². The summed E-state index contributed by atoms with van der Waals surface area (Å²) >= 11 is 0. The summed E-state index contributed by atoms with van der Waals surface area (Å²) in [4.78, 5) is 29.5. The minimum Gasteiger partial charge on any atom is -0.459 e. The van der Waals surface area contributed by atoms with Crippen molar-refractivity contribution in [2.75, 3.05) is 9.80 Å². The highest BCUT2D eigenvalue weighted by molar-refractivity contribution is 6.06. The number of anilines is 2. The van der Waals surface area contributed by atoms with Gasteiger partial charge < -0.3 is 14.2 Å². The number of hydrogen-bond acceptors (Lipinski definition) is 3. The second kappa shape index (κ2) is 7.59. The molecule has 0 bridgehead atoms. The fourth-order valence-electron chi connectivity index (χ4n) is 4.21. The van der Waals surface area contributed by atoms with Crippen molar-refractivity contribution >= 4 is 23.2 Å². The number of amides is 2. The van der Waals surface area contributed by atoms with E-state index in [2.05, 4.69) is 0 Å². The molecule has 0 N–H and O–H groups in total. The van der Waals surface area contributed by atoms with Crippen molar-refractivity contribution in [2.45, 2.75) is 39.3 Å². The molecule has 0 saturated carbocycles. The molecule has 1 aromatic heterocycles. The maximum Gasteiger partial charge on any atom is 0.294 e. The monoisotopic (exact) mass is 388 g/mol. The lowest BCUT2D eigenvalue weighted by Crippen LogP contribution is -2.47. The van der Waals surface area contributed by atoms with Gasteiger partial charge >= 0.3 is 0 Å². The Balaban J connectivity index is 1.80. The van der Waals surface area contributed by atoms with Crippen LogP contribution in [0.2, 0.25) is 0 Å². The molecule has 2 amide bonds. The molecule has 2 heterocycles. The van der Waals surface area contributed by atoms with Crippen LogP contribution in [0.5, 0.6) is 0 Å². The van der Waals surface area contributed by atoms with Crippen molar-refractivity contribution in [1.29, 1.82) is 0 Å². The molecule has 0 spiro atoms. The summed E-state index contributed by atoms with van der Waals surface area (Å²) in [5, 5.41) is 0. The van der Waals surface area contributed by atoms with E-state index >= 15 is 0 Å². The Kier molecular flexibility index (Phi) is 4.97. The minimum atomic E-state index is -0.153. The third-order valence-corrected chi connectivity index (χ3v) is 5.52. The molecule has 0 radical (unpaired) electrons. The van der Waals surface area contributed by atoms with E-state index in [4.69, 9.17) is 4.42 Å². The van der Waals surface area contributed by atoms with E-state index in [1.54, 1.807) is 24.2 Å². The Bertz CT molecular complexity index is 1040. The first kappa shape index (κ1) is 19.0. The molecule has 0 fully saturated rings. The normalized spacial score (nSPS) is 18.2. The van der Waals surface area contributed by atoms with Gasteiger partial charge in [0.05, 0.1) is 12.3 Å². The third-order valence-electron chi connectivity index (χ3n) is 5.52. The number of rotatable bonds is 3. The SMILES string of the molecule is CC(=O)N(c1ccccc1)C1CC(C)N(C(=O)c2occc2C)c2ccccc21. The number of furan rings is 1. The summed E-state index contributed by atoms with van der Waals surface area (Å²) in [7, 11) is 0. The van der Waals surface area contributed by atoms with Crippen molar-refractivity contribution in [3.05, 3.63) is 83.8 Å². The van der Waals surface area contributed by atoms with Gasteiger partial charge in [0.15, 0.2) is 5.76 Å². The van der Waals surface area contributed by atoms with Gasteiger partial charge in [0, 0.05) is 29.9 Å². The van der Waals surface area contributed by atoms with Crippen molar-refractivity contribution in [3.8, 4) is 0 Å². The second-order valence-corrected chi connectivity index (χ2v) is 7.49. The van der Waals surface area contributed by atoms with Gasteiger partial charge in [-0.3, -0.25) is 9.59 Å². The van der Waals surface area contributed by atoms with Crippen molar-refractivity contribution < 1.29 is 14.0 Å². The van der Waals surface area contributed by atoms with Crippen LogP contribution in [0, 0.1) is 6.92 Å². The van der Waals surface area contributed by atoms with Crippen LogP contribution in [0.4, 0.5) is 11.4 Å². The number of aryl methyl sites for hydroxylation is 1. The maximum absolute atomic E-state index is 13.3. The van der Waals surface area contributed by atoms with E-state index in [-0.39, 0.29) is 23.9 Å². The number of para-hydroxylation sites is 2. The van der Waals surface area contributed by atoms with E-state index in [0.29, 0.717) is 12.2 Å². The average Bonchev–Trinajstić information content (AvgIpc) is 3.14. The number of hydrogen-bond donors (Lipinski definition) is 0. The first-order chi connectivity index (χ1) is 14.0. The summed E-state index contributed by atoms with van der Waals surface area (Å²) in [6.45, 7) is 5.47. The van der Waals surface area contributed by atoms with E-state index in [1.165, 1.54) is 0 Å². The van der Waals surface area contributed by atoms with Crippen molar-refractivity contribution in [2.24, 2.45) is 0 Å². The third kappa shape index (κ3) is 3.33. The molecule has 4 rings (SSSR count). The Morgan fingerprint density at radius 1 is 1.03 bits per heavy atom. The topological polar surface area (TPSA) is 53.8 Å². The molecule has 0 aliphatic carbocycles. The van der Waals surface area contributed by atoms with Crippen LogP contribution in [0.1, 0.15) is 48.0 Å². The number of nitrogens with zero attached hydrogens (tertiary/aromatic N) is 2. The Hall–Kier alpha value is -3.34. The molecule has 5 heteroatoms. The molecule has 2 atom stereocenters. The summed E-state index contributed by atoms with van der Waals surface area (Å²) in [5.41, 5.74) is 3.45. The van der Waals surface area contributed by atoms with E-state index in [1.807, 2.05) is 73.3 Å². The Labute approximate surface area is 170 Å². The van der Waals surface area contributed by atoms with E-state index in [0.717, 1.165) is 22.5 Å². The van der Waals surface area contributed by atoms with Crippen molar-refractivity contribution in [1.82, 2.24) is 0 Å². The highest BCUT2D eigenvalue weighted by Crippen LogP contribution is 2.42. The number of carbonyl (C=O) groups is 2. The molecule has 1 aliphatic rings. The standard InChI is InChI=1S/C24H24N2O3/c1-16-13-14-29-23(16)24(28)25-17(2)15-22(20-11-7-8-12-21(20)25)26(18(3)27)19-9-5-4-6-10-19/h4-14,17,22H,15H2,1-3H3. The zero-order valence-corrected chi connectivity index (χ0v) is 16.8. The summed E-state index contributed by atoms with van der Waals surface area (Å²) in [5.74, 6) is 0.182. The fourth-order valence-corrected chi connectivity index (χ4v) is 4.21.